The molecule has 32 heavy (non-hydrogen) atoms. The number of hydrogen-bond acceptors (Lipinski definition) is 7. The number of carbonyl (C=O) groups excluding carboxylic acids is 1. The number of nitrogens with one attached hydrogen (secondary N) is 1. The van der Waals surface area contributed by atoms with Crippen molar-refractivity contribution in [3.05, 3.63) is 72.0 Å². The fourth-order valence-electron chi connectivity index (χ4n) is 3.34. The van der Waals surface area contributed by atoms with Gasteiger partial charge in [-0.3, -0.25) is 9.36 Å². The molecule has 0 saturated heterocycles. The van der Waals surface area contributed by atoms with Gasteiger partial charge in [-0.15, -0.1) is 0 Å². The van der Waals surface area contributed by atoms with Gasteiger partial charge in [0, 0.05) is 18.3 Å². The van der Waals surface area contributed by atoms with E-state index in [0.717, 1.165) is 17.8 Å². The molecule has 164 valence electrons. The summed E-state index contributed by atoms with van der Waals surface area (Å²) < 4.78 is 12.5. The van der Waals surface area contributed by atoms with Crippen molar-refractivity contribution in [2.24, 2.45) is 0 Å². The smallest absolute Gasteiger partial charge is 0.261 e. The topological polar surface area (TPSA) is 98.3 Å². The molecule has 0 unspecified atom stereocenters. The minimum Gasteiger partial charge on any atom is -0.479 e. The maximum atomic E-state index is 13.1. The zero-order valence-corrected chi connectivity index (χ0v) is 18.4. The van der Waals surface area contributed by atoms with Crippen LogP contribution in [-0.4, -0.2) is 51.7 Å². The Labute approximate surface area is 185 Å². The van der Waals surface area contributed by atoms with Crippen LogP contribution in [0.25, 0.3) is 17.1 Å². The number of aryl methyl sites for hydroxylation is 1. The largest absolute Gasteiger partial charge is 0.479 e. The van der Waals surface area contributed by atoms with Crippen LogP contribution in [0.2, 0.25) is 0 Å². The minimum absolute atomic E-state index is 0.286. The van der Waals surface area contributed by atoms with Crippen LogP contribution in [-0.2, 0) is 6.54 Å². The molecule has 0 aliphatic heterocycles. The highest BCUT2D eigenvalue weighted by atomic mass is 16.5. The Morgan fingerprint density at radius 3 is 2.69 bits per heavy atom. The summed E-state index contributed by atoms with van der Waals surface area (Å²) in [6.07, 6.45) is 3.61. The predicted octanol–water partition coefficient (Wildman–Crippen LogP) is 3.55. The summed E-state index contributed by atoms with van der Waals surface area (Å²) in [6, 6.07) is 13.0. The molecule has 4 rings (SSSR count). The molecule has 1 amide bonds. The fraction of sp³-hybridized carbons (Fsp3) is 0.217. The van der Waals surface area contributed by atoms with Gasteiger partial charge < -0.3 is 19.5 Å². The Bertz CT molecular complexity index is 1230. The molecule has 0 radical (unpaired) electrons. The van der Waals surface area contributed by atoms with Crippen molar-refractivity contribution in [1.82, 2.24) is 24.6 Å². The highest BCUT2D eigenvalue weighted by Crippen LogP contribution is 2.28. The number of nitrogens with zero attached hydrogens (tertiary/aromatic N) is 5. The number of rotatable bonds is 7. The minimum atomic E-state index is -0.355. The maximum absolute atomic E-state index is 13.1. The summed E-state index contributed by atoms with van der Waals surface area (Å²) in [5, 5.41) is 6.94. The summed E-state index contributed by atoms with van der Waals surface area (Å²) in [4.78, 5) is 24.1. The van der Waals surface area contributed by atoms with Gasteiger partial charge in [-0.2, -0.15) is 4.98 Å². The summed E-state index contributed by atoms with van der Waals surface area (Å²) >= 11 is 0. The van der Waals surface area contributed by atoms with Crippen LogP contribution in [0.15, 0.2) is 59.5 Å². The first kappa shape index (κ1) is 21.3. The van der Waals surface area contributed by atoms with Crippen LogP contribution in [0.5, 0.6) is 5.88 Å². The Morgan fingerprint density at radius 2 is 1.97 bits per heavy atom. The molecule has 1 N–H and O–H groups in total. The lowest BCUT2D eigenvalue weighted by Crippen LogP contribution is -2.15. The third kappa shape index (κ3) is 4.37. The Hall–Kier alpha value is -3.98. The number of pyridine rings is 1. The summed E-state index contributed by atoms with van der Waals surface area (Å²) in [7, 11) is 5.48. The fourth-order valence-corrected chi connectivity index (χ4v) is 3.34. The summed E-state index contributed by atoms with van der Waals surface area (Å²) in [5.41, 5.74) is 3.00. The van der Waals surface area contributed by atoms with Crippen molar-refractivity contribution >= 4 is 11.6 Å². The van der Waals surface area contributed by atoms with Crippen LogP contribution >= 0.6 is 0 Å². The molecule has 0 aliphatic carbocycles. The molecular weight excluding hydrogens is 408 g/mol. The number of methoxy groups -OCH3 is 1. The second-order valence-electron chi connectivity index (χ2n) is 7.52. The molecule has 1 aromatic carbocycles. The number of imidazole rings is 1. The van der Waals surface area contributed by atoms with Crippen molar-refractivity contribution in [2.45, 2.75) is 13.5 Å². The maximum Gasteiger partial charge on any atom is 0.261 e. The molecule has 9 nitrogen and oxygen atoms in total. The van der Waals surface area contributed by atoms with E-state index in [1.165, 1.54) is 7.11 Å². The number of carbonyl (C=O) groups is 1. The van der Waals surface area contributed by atoms with Crippen molar-refractivity contribution in [1.29, 1.82) is 0 Å². The van der Waals surface area contributed by atoms with E-state index in [-0.39, 0.29) is 11.8 Å². The first-order chi connectivity index (χ1) is 15.5. The van der Waals surface area contributed by atoms with E-state index in [1.54, 1.807) is 25.4 Å². The number of hydrogen-bond donors (Lipinski definition) is 1. The van der Waals surface area contributed by atoms with Crippen molar-refractivity contribution in [3.8, 4) is 23.0 Å². The molecule has 0 saturated carbocycles. The molecule has 9 heteroatoms. The zero-order chi connectivity index (χ0) is 22.7. The van der Waals surface area contributed by atoms with E-state index in [2.05, 4.69) is 20.4 Å². The van der Waals surface area contributed by atoms with Crippen LogP contribution in [0.3, 0.4) is 0 Å². The van der Waals surface area contributed by atoms with Crippen LogP contribution in [0.4, 0.5) is 5.69 Å². The van der Waals surface area contributed by atoms with Gasteiger partial charge in [0.1, 0.15) is 34.9 Å². The average Bonchev–Trinajstić information content (AvgIpc) is 3.40. The second kappa shape index (κ2) is 9.03. The van der Waals surface area contributed by atoms with Gasteiger partial charge in [-0.1, -0.05) is 35.5 Å². The van der Waals surface area contributed by atoms with Gasteiger partial charge >= 0.3 is 0 Å². The van der Waals surface area contributed by atoms with E-state index in [9.17, 15) is 4.79 Å². The summed E-state index contributed by atoms with van der Waals surface area (Å²) in [6.45, 7) is 2.43. The number of ether oxygens (including phenoxy) is 1. The van der Waals surface area contributed by atoms with Crippen molar-refractivity contribution < 1.29 is 14.1 Å². The Morgan fingerprint density at radius 1 is 1.19 bits per heavy atom. The lowest BCUT2D eigenvalue weighted by atomic mass is 10.1. The van der Waals surface area contributed by atoms with E-state index in [0.29, 0.717) is 28.5 Å². The van der Waals surface area contributed by atoms with Gasteiger partial charge in [0.05, 0.1) is 12.8 Å². The second-order valence-corrected chi connectivity index (χ2v) is 7.52. The first-order valence-electron chi connectivity index (χ1n) is 10.0. The molecule has 3 aromatic heterocycles. The Kier molecular flexibility index (Phi) is 6.00. The van der Waals surface area contributed by atoms with E-state index in [4.69, 9.17) is 9.26 Å². The lowest BCUT2D eigenvalue weighted by molar-refractivity contribution is 0.102. The quantitative estimate of drug-likeness (QED) is 0.477. The molecule has 0 atom stereocenters. The third-order valence-corrected chi connectivity index (χ3v) is 4.80. The van der Waals surface area contributed by atoms with E-state index >= 15 is 0 Å². The molecular formula is C23H24N6O3. The lowest BCUT2D eigenvalue weighted by Gasteiger charge is -2.11. The van der Waals surface area contributed by atoms with Gasteiger partial charge in [-0.25, -0.2) is 4.98 Å². The number of aromatic nitrogens is 4. The number of benzene rings is 1. The highest BCUT2D eigenvalue weighted by molar-refractivity contribution is 6.09. The summed E-state index contributed by atoms with van der Waals surface area (Å²) in [5.74, 6) is 0.987. The van der Waals surface area contributed by atoms with Crippen LogP contribution in [0, 0.1) is 6.92 Å². The highest BCUT2D eigenvalue weighted by Gasteiger charge is 2.23. The normalized spacial score (nSPS) is 11.0. The monoisotopic (exact) mass is 432 g/mol. The molecule has 4 aromatic rings. The van der Waals surface area contributed by atoms with E-state index < -0.39 is 0 Å². The molecule has 0 aliphatic rings. The van der Waals surface area contributed by atoms with E-state index in [1.807, 2.05) is 60.1 Å². The average molecular weight is 432 g/mol. The van der Waals surface area contributed by atoms with Crippen LogP contribution in [0.1, 0.15) is 21.8 Å². The van der Waals surface area contributed by atoms with Gasteiger partial charge in [0.2, 0.25) is 5.88 Å². The van der Waals surface area contributed by atoms with Gasteiger partial charge in [0.15, 0.2) is 0 Å². The SMILES string of the molecule is COc1nc(-n2cnc(CN(C)C)c2)ccc1NC(=O)c1c(-c2ccccc2)noc1C. The number of anilines is 1. The van der Waals surface area contributed by atoms with Crippen LogP contribution < -0.4 is 10.1 Å². The third-order valence-electron chi connectivity index (χ3n) is 4.80. The van der Waals surface area contributed by atoms with Gasteiger partial charge in [-0.05, 0) is 33.2 Å². The zero-order valence-electron chi connectivity index (χ0n) is 18.4. The molecule has 0 bridgehead atoms. The molecule has 3 heterocycles. The standard InChI is InChI=1S/C23H24N6O3/c1-15-20(21(27-32-15)16-8-6-5-7-9-16)22(30)25-18-10-11-19(26-23(18)31-4)29-13-17(24-14-29)12-28(2)3/h5-11,13-14H,12H2,1-4H3,(H,25,30). The first-order valence-corrected chi connectivity index (χ1v) is 10.0. The predicted molar refractivity (Wildman–Crippen MR) is 120 cm³/mol. The Balaban J connectivity index is 1.60. The number of amides is 1. The van der Waals surface area contributed by atoms with Crippen molar-refractivity contribution in [2.75, 3.05) is 26.5 Å². The molecule has 0 spiro atoms. The van der Waals surface area contributed by atoms with Crippen molar-refractivity contribution in [3.63, 3.8) is 0 Å². The molecule has 0 fully saturated rings. The van der Waals surface area contributed by atoms with Gasteiger partial charge in [0.25, 0.3) is 5.91 Å².